The fraction of sp³-hybridized carbons (Fsp3) is 0.744. The number of para-hydroxylation sites is 1. The van der Waals surface area contributed by atoms with Gasteiger partial charge in [0, 0.05) is 48.2 Å². The number of aliphatic hydroxyl groups is 2. The molecule has 1 amide bonds. The first-order chi connectivity index (χ1) is 26.1. The number of rotatable bonds is 12. The van der Waals surface area contributed by atoms with Crippen LogP contribution in [0.25, 0.3) is 0 Å². The number of likely N-dealkylation sites (tertiary alicyclic amines) is 2. The van der Waals surface area contributed by atoms with E-state index in [1.165, 1.54) is 44.2 Å². The highest BCUT2D eigenvalue weighted by molar-refractivity contribution is 6.30. The van der Waals surface area contributed by atoms with Crippen molar-refractivity contribution in [3.8, 4) is 0 Å². The number of nitrogens with zero attached hydrogens (tertiary/aromatic N) is 2. The van der Waals surface area contributed by atoms with E-state index in [4.69, 9.17) is 22.1 Å². The van der Waals surface area contributed by atoms with E-state index in [0.29, 0.717) is 44.2 Å². The van der Waals surface area contributed by atoms with E-state index in [2.05, 4.69) is 23.3 Å². The number of aliphatic hydroxyl groups excluding tert-OH is 2. The van der Waals surface area contributed by atoms with Crippen molar-refractivity contribution in [2.75, 3.05) is 32.0 Å². The molecular formula is C43H62ClF3N4O4. The molecule has 12 heteroatoms. The van der Waals surface area contributed by atoms with Crippen LogP contribution in [0.15, 0.2) is 46.6 Å². The minimum atomic E-state index is -4.68. The molecule has 3 aliphatic carbocycles. The highest BCUT2D eigenvalue weighted by Gasteiger charge is 2.46. The third kappa shape index (κ3) is 9.28. The Morgan fingerprint density at radius 1 is 1.02 bits per heavy atom. The highest BCUT2D eigenvalue weighted by atomic mass is 35.5. The first kappa shape index (κ1) is 41.0. The zero-order valence-corrected chi connectivity index (χ0v) is 33.4. The fourth-order valence-corrected chi connectivity index (χ4v) is 11.8. The Labute approximate surface area is 330 Å². The van der Waals surface area contributed by atoms with E-state index < -0.39 is 41.5 Å². The summed E-state index contributed by atoms with van der Waals surface area (Å²) in [5, 5.41) is 26.2. The van der Waals surface area contributed by atoms with Crippen LogP contribution in [0.1, 0.15) is 115 Å². The maximum Gasteiger partial charge on any atom is 0.418 e. The van der Waals surface area contributed by atoms with Crippen molar-refractivity contribution < 1.29 is 32.9 Å². The van der Waals surface area contributed by atoms with Gasteiger partial charge in [0.05, 0.1) is 11.3 Å². The van der Waals surface area contributed by atoms with E-state index in [0.717, 1.165) is 68.2 Å². The smallest absolute Gasteiger partial charge is 0.397 e. The number of carbonyl (C=O) groups excluding carboxylic acids is 1. The van der Waals surface area contributed by atoms with Crippen LogP contribution in [-0.4, -0.2) is 83.4 Å². The van der Waals surface area contributed by atoms with Crippen molar-refractivity contribution in [1.29, 1.82) is 0 Å². The summed E-state index contributed by atoms with van der Waals surface area (Å²) in [6.07, 6.45) is 6.74. The Morgan fingerprint density at radius 3 is 2.45 bits per heavy atom. The van der Waals surface area contributed by atoms with Gasteiger partial charge in [-0.05, 0) is 138 Å². The quantitative estimate of drug-likeness (QED) is 0.158. The van der Waals surface area contributed by atoms with E-state index in [-0.39, 0.29) is 29.2 Å². The van der Waals surface area contributed by atoms with E-state index in [9.17, 15) is 28.2 Å². The molecular weight excluding hydrogens is 729 g/mol. The number of nitrogens with one attached hydrogen (secondary N) is 1. The zero-order chi connectivity index (χ0) is 39.1. The van der Waals surface area contributed by atoms with Gasteiger partial charge in [-0.2, -0.15) is 13.2 Å². The lowest BCUT2D eigenvalue weighted by molar-refractivity contribution is -0.205. The number of anilines is 1. The monoisotopic (exact) mass is 790 g/mol. The molecule has 4 fully saturated rings. The summed E-state index contributed by atoms with van der Waals surface area (Å²) < 4.78 is 48.5. The number of ether oxygens (including phenoxy) is 1. The molecule has 2 saturated carbocycles. The molecule has 8 nitrogen and oxygen atoms in total. The second kappa shape index (κ2) is 16.6. The van der Waals surface area contributed by atoms with Crippen LogP contribution in [0.2, 0.25) is 0 Å². The molecule has 6 aliphatic rings. The van der Waals surface area contributed by atoms with Gasteiger partial charge in [0.2, 0.25) is 5.91 Å². The lowest BCUT2D eigenvalue weighted by atomic mass is 9.63. The topological polar surface area (TPSA) is 111 Å². The summed E-state index contributed by atoms with van der Waals surface area (Å²) in [5.41, 5.74) is 5.22. The largest absolute Gasteiger partial charge is 0.418 e. The molecule has 1 spiro atoms. The molecule has 7 rings (SSSR count). The summed E-state index contributed by atoms with van der Waals surface area (Å²) in [6, 6.07) is 8.82. The predicted molar refractivity (Wildman–Crippen MR) is 209 cm³/mol. The molecule has 2 saturated heterocycles. The van der Waals surface area contributed by atoms with Gasteiger partial charge in [-0.25, -0.2) is 0 Å². The van der Waals surface area contributed by atoms with Gasteiger partial charge in [0.15, 0.2) is 6.29 Å². The second-order valence-corrected chi connectivity index (χ2v) is 19.0. The standard InChI is InChI=1S/C43H62ClF3N4O4/c1-41(22-33(43(45,46)47)39(48)34(44)23-41)24-36(40(54)51-19-15-28(16-20-51)7-9-29-10-11-31-21-30(29)26-50(31)2)55-38(53)12-8-27-13-17-42(18-14-27)25-37(52)49-35-6-4-3-5-32(35)42/h3-6,22,27-31,36,38,40,53-54H,7-21,23-26,48H2,1-2H3,(H,49,52)/t27?,29?,30?,31?,36-,38?,40?,41?,42?/m1/s1. The van der Waals surface area contributed by atoms with Gasteiger partial charge in [-0.15, -0.1) is 0 Å². The summed E-state index contributed by atoms with van der Waals surface area (Å²) in [4.78, 5) is 17.1. The first-order valence-corrected chi connectivity index (χ1v) is 21.3. The average Bonchev–Trinajstić information content (AvgIpc) is 3.44. The summed E-state index contributed by atoms with van der Waals surface area (Å²) in [5.74, 6) is 2.58. The second-order valence-electron chi connectivity index (χ2n) is 18.5. The van der Waals surface area contributed by atoms with Gasteiger partial charge < -0.3 is 30.9 Å². The van der Waals surface area contributed by atoms with Crippen molar-refractivity contribution in [3.63, 3.8) is 0 Å². The Kier molecular flexibility index (Phi) is 12.4. The third-order valence-electron chi connectivity index (χ3n) is 14.7. The van der Waals surface area contributed by atoms with Gasteiger partial charge >= 0.3 is 6.18 Å². The number of amides is 1. The van der Waals surface area contributed by atoms with E-state index >= 15 is 0 Å². The summed E-state index contributed by atoms with van der Waals surface area (Å²) in [6.45, 7) is 4.24. The number of fused-ring (bicyclic) bond motifs is 4. The molecule has 7 atom stereocenters. The van der Waals surface area contributed by atoms with Gasteiger partial charge in [-0.3, -0.25) is 9.69 Å². The Hall–Kier alpha value is -2.15. The molecule has 0 aromatic heterocycles. The summed E-state index contributed by atoms with van der Waals surface area (Å²) in [7, 11) is 2.26. The van der Waals surface area contributed by atoms with Gasteiger partial charge in [0.1, 0.15) is 12.3 Å². The van der Waals surface area contributed by atoms with Crippen LogP contribution in [0, 0.1) is 29.1 Å². The molecule has 55 heavy (non-hydrogen) atoms. The van der Waals surface area contributed by atoms with Crippen molar-refractivity contribution in [3.05, 3.63) is 52.2 Å². The molecule has 3 aliphatic heterocycles. The lowest BCUT2D eigenvalue weighted by Crippen LogP contribution is -2.50. The number of carbonyl (C=O) groups is 1. The number of hydrogen-bond acceptors (Lipinski definition) is 7. The Balaban J connectivity index is 0.968. The third-order valence-corrected chi connectivity index (χ3v) is 15.0. The first-order valence-electron chi connectivity index (χ1n) is 20.9. The highest BCUT2D eigenvalue weighted by Crippen LogP contribution is 2.50. The number of halogens is 4. The Bertz CT molecular complexity index is 1590. The van der Waals surface area contributed by atoms with Crippen molar-refractivity contribution in [2.24, 2.45) is 34.8 Å². The Morgan fingerprint density at radius 2 is 1.73 bits per heavy atom. The number of piperidine rings is 1. The average molecular weight is 791 g/mol. The van der Waals surface area contributed by atoms with Crippen LogP contribution < -0.4 is 11.1 Å². The number of allylic oxidation sites excluding steroid dienone is 3. The maximum absolute atomic E-state index is 14.1. The predicted octanol–water partition coefficient (Wildman–Crippen LogP) is 8.18. The normalized spacial score (nSPS) is 34.0. The molecule has 306 valence electrons. The van der Waals surface area contributed by atoms with Crippen molar-refractivity contribution in [2.45, 2.75) is 146 Å². The minimum Gasteiger partial charge on any atom is -0.397 e. The van der Waals surface area contributed by atoms with Gasteiger partial charge in [-0.1, -0.05) is 49.2 Å². The van der Waals surface area contributed by atoms with E-state index in [1.807, 2.05) is 23.1 Å². The lowest BCUT2D eigenvalue weighted by Gasteiger charge is -2.44. The molecule has 1 aromatic rings. The summed E-state index contributed by atoms with van der Waals surface area (Å²) >= 11 is 6.35. The molecule has 6 unspecified atom stereocenters. The number of alkyl halides is 3. The van der Waals surface area contributed by atoms with Crippen LogP contribution >= 0.6 is 11.6 Å². The van der Waals surface area contributed by atoms with Crippen LogP contribution in [0.5, 0.6) is 0 Å². The van der Waals surface area contributed by atoms with Crippen LogP contribution in [0.4, 0.5) is 18.9 Å². The molecule has 3 heterocycles. The zero-order valence-electron chi connectivity index (χ0n) is 32.6. The number of benzene rings is 1. The van der Waals surface area contributed by atoms with Crippen LogP contribution in [0.3, 0.4) is 0 Å². The molecule has 2 bridgehead atoms. The SMILES string of the molecule is CN1CC2CC1CCC2CCC1CCN(C(O)[C@@H](CC2(C)C=C(C(F)(F)F)C(N)=C(Cl)C2)OC(O)CCC2CCC3(CC2)CC(=O)Nc2ccccc23)CC1. The molecule has 0 radical (unpaired) electrons. The minimum absolute atomic E-state index is 0.0279. The van der Waals surface area contributed by atoms with Crippen LogP contribution in [-0.2, 0) is 14.9 Å². The van der Waals surface area contributed by atoms with Crippen molar-refractivity contribution in [1.82, 2.24) is 9.80 Å². The number of nitrogens with two attached hydrogens (primary N) is 1. The van der Waals surface area contributed by atoms with Gasteiger partial charge in [0.25, 0.3) is 0 Å². The fourth-order valence-electron chi connectivity index (χ4n) is 11.4. The van der Waals surface area contributed by atoms with E-state index in [1.54, 1.807) is 6.92 Å². The molecule has 5 N–H and O–H groups in total. The molecule has 1 aromatic carbocycles. The number of hydrogen-bond donors (Lipinski definition) is 4. The van der Waals surface area contributed by atoms with Crippen molar-refractivity contribution >= 4 is 23.2 Å². The maximum atomic E-state index is 14.1.